The summed E-state index contributed by atoms with van der Waals surface area (Å²) in [5, 5.41) is 0. The molecule has 0 aromatic rings. The monoisotopic (exact) mass is 279 g/mol. The van der Waals surface area contributed by atoms with Gasteiger partial charge in [-0.2, -0.15) is 0 Å². The standard InChI is InChI=1S/C16H25NO3/c1-2-20-16(19)13-4-3-7-17(10-13)15(18)14-9-11-5-6-12(14)8-11/h11-14H,2-10H2,1H3/t11-,12-,13+,14-/m0/s1. The van der Waals surface area contributed by atoms with Crippen molar-refractivity contribution in [1.82, 2.24) is 4.90 Å². The number of likely N-dealkylation sites (tertiary alicyclic amines) is 1. The summed E-state index contributed by atoms with van der Waals surface area (Å²) < 4.78 is 5.11. The molecule has 20 heavy (non-hydrogen) atoms. The molecule has 1 saturated heterocycles. The second-order valence-corrected chi connectivity index (χ2v) is 6.66. The first kappa shape index (κ1) is 13.9. The Kier molecular flexibility index (Phi) is 3.99. The van der Waals surface area contributed by atoms with Crippen LogP contribution in [0.3, 0.4) is 0 Å². The molecule has 1 heterocycles. The Morgan fingerprint density at radius 1 is 1.20 bits per heavy atom. The zero-order chi connectivity index (χ0) is 14.1. The number of hydrogen-bond donors (Lipinski definition) is 0. The lowest BCUT2D eigenvalue weighted by molar-refractivity contribution is -0.152. The molecule has 0 unspecified atom stereocenters. The molecule has 2 aliphatic carbocycles. The van der Waals surface area contributed by atoms with Crippen LogP contribution in [0.1, 0.15) is 45.4 Å². The van der Waals surface area contributed by atoms with Crippen molar-refractivity contribution in [2.45, 2.75) is 45.4 Å². The fraction of sp³-hybridized carbons (Fsp3) is 0.875. The minimum atomic E-state index is -0.127. The van der Waals surface area contributed by atoms with Crippen molar-refractivity contribution in [2.24, 2.45) is 23.7 Å². The molecule has 0 aromatic heterocycles. The maximum absolute atomic E-state index is 12.7. The smallest absolute Gasteiger partial charge is 0.310 e. The molecule has 2 saturated carbocycles. The van der Waals surface area contributed by atoms with Crippen LogP contribution in [0.15, 0.2) is 0 Å². The van der Waals surface area contributed by atoms with E-state index < -0.39 is 0 Å². The minimum Gasteiger partial charge on any atom is -0.466 e. The van der Waals surface area contributed by atoms with Gasteiger partial charge in [0.25, 0.3) is 0 Å². The lowest BCUT2D eigenvalue weighted by Crippen LogP contribution is -2.46. The highest BCUT2D eigenvalue weighted by Crippen LogP contribution is 2.49. The van der Waals surface area contributed by atoms with Crippen molar-refractivity contribution in [3.8, 4) is 0 Å². The van der Waals surface area contributed by atoms with Crippen LogP contribution in [0.4, 0.5) is 0 Å². The number of carbonyl (C=O) groups excluding carboxylic acids is 2. The van der Waals surface area contributed by atoms with Crippen molar-refractivity contribution in [3.63, 3.8) is 0 Å². The lowest BCUT2D eigenvalue weighted by atomic mass is 9.86. The average Bonchev–Trinajstić information content (AvgIpc) is 3.09. The average molecular weight is 279 g/mol. The molecule has 1 aliphatic heterocycles. The SMILES string of the molecule is CCOC(=O)[C@@H]1CCCN(C(=O)[C@H]2C[C@H]3CC[C@H]2C3)C1. The van der Waals surface area contributed by atoms with E-state index in [4.69, 9.17) is 4.74 Å². The second-order valence-electron chi connectivity index (χ2n) is 6.66. The zero-order valence-electron chi connectivity index (χ0n) is 12.3. The predicted octanol–water partition coefficient (Wildman–Crippen LogP) is 2.22. The molecule has 4 atom stereocenters. The normalized spacial score (nSPS) is 36.1. The van der Waals surface area contributed by atoms with E-state index in [-0.39, 0.29) is 17.8 Å². The van der Waals surface area contributed by atoms with Crippen molar-refractivity contribution < 1.29 is 14.3 Å². The third-order valence-corrected chi connectivity index (χ3v) is 5.41. The molecule has 4 nitrogen and oxygen atoms in total. The first-order valence-electron chi connectivity index (χ1n) is 8.14. The van der Waals surface area contributed by atoms with Crippen LogP contribution < -0.4 is 0 Å². The van der Waals surface area contributed by atoms with Gasteiger partial charge < -0.3 is 9.64 Å². The van der Waals surface area contributed by atoms with Gasteiger partial charge in [-0.15, -0.1) is 0 Å². The Balaban J connectivity index is 1.59. The molecule has 3 fully saturated rings. The minimum absolute atomic E-state index is 0.105. The molecular weight excluding hydrogens is 254 g/mol. The van der Waals surface area contributed by atoms with E-state index >= 15 is 0 Å². The van der Waals surface area contributed by atoms with Crippen LogP contribution in [0.2, 0.25) is 0 Å². The quantitative estimate of drug-likeness (QED) is 0.744. The van der Waals surface area contributed by atoms with Crippen LogP contribution in [0.25, 0.3) is 0 Å². The Bertz CT molecular complexity index is 395. The van der Waals surface area contributed by atoms with Gasteiger partial charge in [-0.25, -0.2) is 0 Å². The summed E-state index contributed by atoms with van der Waals surface area (Å²) in [7, 11) is 0. The van der Waals surface area contributed by atoms with Crippen LogP contribution >= 0.6 is 0 Å². The van der Waals surface area contributed by atoms with Crippen LogP contribution in [0, 0.1) is 23.7 Å². The van der Waals surface area contributed by atoms with Crippen LogP contribution in [-0.2, 0) is 14.3 Å². The number of rotatable bonds is 3. The molecule has 0 N–H and O–H groups in total. The first-order valence-corrected chi connectivity index (χ1v) is 8.14. The number of piperidine rings is 1. The Labute approximate surface area is 120 Å². The van der Waals surface area contributed by atoms with Gasteiger partial charge in [-0.3, -0.25) is 9.59 Å². The second kappa shape index (κ2) is 5.74. The molecular formula is C16H25NO3. The largest absolute Gasteiger partial charge is 0.466 e. The molecule has 1 amide bonds. The number of ether oxygens (including phenoxy) is 1. The van der Waals surface area contributed by atoms with E-state index in [2.05, 4.69) is 0 Å². The van der Waals surface area contributed by atoms with Gasteiger partial charge >= 0.3 is 5.97 Å². The summed E-state index contributed by atoms with van der Waals surface area (Å²) in [6, 6.07) is 0. The molecule has 112 valence electrons. The summed E-state index contributed by atoms with van der Waals surface area (Å²) in [5.74, 6) is 1.74. The maximum Gasteiger partial charge on any atom is 0.310 e. The Morgan fingerprint density at radius 3 is 2.70 bits per heavy atom. The topological polar surface area (TPSA) is 46.6 Å². The van der Waals surface area contributed by atoms with Crippen molar-refractivity contribution in [1.29, 1.82) is 0 Å². The number of fused-ring (bicyclic) bond motifs is 2. The van der Waals surface area contributed by atoms with E-state index in [1.807, 2.05) is 11.8 Å². The third kappa shape index (κ3) is 2.57. The fourth-order valence-corrected chi connectivity index (χ4v) is 4.41. The van der Waals surface area contributed by atoms with Crippen molar-refractivity contribution >= 4 is 11.9 Å². The van der Waals surface area contributed by atoms with Gasteiger partial charge in [0, 0.05) is 19.0 Å². The summed E-state index contributed by atoms with van der Waals surface area (Å²) in [4.78, 5) is 26.5. The van der Waals surface area contributed by atoms with Crippen molar-refractivity contribution in [3.05, 3.63) is 0 Å². The highest BCUT2D eigenvalue weighted by molar-refractivity contribution is 5.81. The maximum atomic E-state index is 12.7. The molecule has 0 aromatic carbocycles. The molecule has 3 rings (SSSR count). The predicted molar refractivity (Wildman–Crippen MR) is 74.9 cm³/mol. The molecule has 4 heteroatoms. The van der Waals surface area contributed by atoms with Crippen molar-refractivity contribution in [2.75, 3.05) is 19.7 Å². The van der Waals surface area contributed by atoms with Gasteiger partial charge in [0.15, 0.2) is 0 Å². The molecule has 0 radical (unpaired) electrons. The van der Waals surface area contributed by atoms with Gasteiger partial charge in [0.1, 0.15) is 0 Å². The van der Waals surface area contributed by atoms with Gasteiger partial charge in [-0.1, -0.05) is 6.42 Å². The van der Waals surface area contributed by atoms with Gasteiger partial charge in [0.05, 0.1) is 12.5 Å². The van der Waals surface area contributed by atoms with E-state index in [0.717, 1.165) is 31.7 Å². The number of esters is 1. The summed E-state index contributed by atoms with van der Waals surface area (Å²) >= 11 is 0. The Hall–Kier alpha value is -1.06. The van der Waals surface area contributed by atoms with E-state index in [1.54, 1.807) is 0 Å². The molecule has 0 spiro atoms. The highest BCUT2D eigenvalue weighted by Gasteiger charge is 2.45. The number of amides is 1. The summed E-state index contributed by atoms with van der Waals surface area (Å²) in [6.45, 7) is 3.66. The first-order chi connectivity index (χ1) is 9.69. The zero-order valence-corrected chi connectivity index (χ0v) is 12.3. The number of nitrogens with zero attached hydrogens (tertiary/aromatic N) is 1. The lowest BCUT2D eigenvalue weighted by Gasteiger charge is -2.35. The van der Waals surface area contributed by atoms with Crippen LogP contribution in [-0.4, -0.2) is 36.5 Å². The van der Waals surface area contributed by atoms with Gasteiger partial charge in [0.2, 0.25) is 5.91 Å². The summed E-state index contributed by atoms with van der Waals surface area (Å²) in [6.07, 6.45) is 6.68. The van der Waals surface area contributed by atoms with Gasteiger partial charge in [-0.05, 0) is 50.9 Å². The Morgan fingerprint density at radius 2 is 2.05 bits per heavy atom. The number of hydrogen-bond acceptors (Lipinski definition) is 3. The van der Waals surface area contributed by atoms with Crippen LogP contribution in [0.5, 0.6) is 0 Å². The van der Waals surface area contributed by atoms with E-state index in [1.165, 1.54) is 19.3 Å². The fourth-order valence-electron chi connectivity index (χ4n) is 4.41. The third-order valence-electron chi connectivity index (χ3n) is 5.41. The highest BCUT2D eigenvalue weighted by atomic mass is 16.5. The van der Waals surface area contributed by atoms with E-state index in [9.17, 15) is 9.59 Å². The molecule has 2 bridgehead atoms. The summed E-state index contributed by atoms with van der Waals surface area (Å²) in [5.41, 5.74) is 0. The molecule has 3 aliphatic rings. The number of carbonyl (C=O) groups is 2. The van der Waals surface area contributed by atoms with E-state index in [0.29, 0.717) is 25.0 Å².